The van der Waals surface area contributed by atoms with Gasteiger partial charge < -0.3 is 20.1 Å². The Kier molecular flexibility index (Phi) is 5.92. The van der Waals surface area contributed by atoms with Crippen LogP contribution in [0.4, 0.5) is 10.7 Å². The van der Waals surface area contributed by atoms with Crippen molar-refractivity contribution in [3.8, 4) is 11.5 Å². The lowest BCUT2D eigenvalue weighted by Gasteiger charge is -2.10. The molecule has 0 atom stereocenters. The second-order valence-corrected chi connectivity index (χ2v) is 8.18. The summed E-state index contributed by atoms with van der Waals surface area (Å²) < 4.78 is 11.3. The highest BCUT2D eigenvalue weighted by Crippen LogP contribution is 2.33. The van der Waals surface area contributed by atoms with Gasteiger partial charge in [0.15, 0.2) is 11.5 Å². The van der Waals surface area contributed by atoms with Gasteiger partial charge in [-0.25, -0.2) is 0 Å². The van der Waals surface area contributed by atoms with Gasteiger partial charge in [0.25, 0.3) is 11.8 Å². The number of aryl methyl sites for hydroxylation is 1. The third kappa shape index (κ3) is 4.42. The van der Waals surface area contributed by atoms with E-state index < -0.39 is 0 Å². The number of halogens is 1. The summed E-state index contributed by atoms with van der Waals surface area (Å²) in [6.07, 6.45) is 0.813. The average molecular weight is 443 g/mol. The monoisotopic (exact) mass is 442 g/mol. The smallest absolute Gasteiger partial charge is 0.266 e. The third-order valence-corrected chi connectivity index (χ3v) is 5.97. The lowest BCUT2D eigenvalue weighted by Crippen LogP contribution is -2.12. The van der Waals surface area contributed by atoms with Gasteiger partial charge >= 0.3 is 0 Å². The molecule has 0 spiro atoms. The zero-order valence-electron chi connectivity index (χ0n) is 16.2. The van der Waals surface area contributed by atoms with Crippen LogP contribution in [0.25, 0.3) is 0 Å². The summed E-state index contributed by atoms with van der Waals surface area (Å²) in [6.45, 7) is 3.00. The van der Waals surface area contributed by atoms with Crippen molar-refractivity contribution in [2.24, 2.45) is 0 Å². The summed E-state index contributed by atoms with van der Waals surface area (Å²) in [5.41, 5.74) is 1.75. The first-order chi connectivity index (χ1) is 14.5. The fourth-order valence-corrected chi connectivity index (χ4v) is 4.21. The Morgan fingerprint density at radius 3 is 2.53 bits per heavy atom. The highest BCUT2D eigenvalue weighted by atomic mass is 35.5. The Bertz CT molecular complexity index is 1110. The Morgan fingerprint density at radius 1 is 0.967 bits per heavy atom. The maximum atomic E-state index is 12.8. The number of amides is 2. The maximum Gasteiger partial charge on any atom is 0.266 e. The average Bonchev–Trinajstić information content (AvgIpc) is 2.94. The number of rotatable bonds is 4. The first-order valence-electron chi connectivity index (χ1n) is 9.38. The van der Waals surface area contributed by atoms with Crippen molar-refractivity contribution in [2.45, 2.75) is 13.3 Å². The van der Waals surface area contributed by atoms with Gasteiger partial charge in [-0.2, -0.15) is 0 Å². The number of ether oxygens (including phenoxy) is 2. The summed E-state index contributed by atoms with van der Waals surface area (Å²) in [5.74, 6) is 0.699. The Labute approximate surface area is 182 Å². The molecular weight excluding hydrogens is 424 g/mol. The van der Waals surface area contributed by atoms with E-state index in [4.69, 9.17) is 21.1 Å². The first kappa shape index (κ1) is 20.3. The molecule has 30 heavy (non-hydrogen) atoms. The van der Waals surface area contributed by atoms with Gasteiger partial charge in [-0.15, -0.1) is 11.3 Å². The molecule has 0 saturated heterocycles. The summed E-state index contributed by atoms with van der Waals surface area (Å²) in [5, 5.41) is 6.63. The molecule has 0 aliphatic carbocycles. The number of anilines is 2. The van der Waals surface area contributed by atoms with Gasteiger partial charge in [0.1, 0.15) is 0 Å². The van der Waals surface area contributed by atoms with Crippen LogP contribution in [0.1, 0.15) is 32.0 Å². The molecular formula is C22H19ClN2O4S. The number of thiophene rings is 1. The van der Waals surface area contributed by atoms with E-state index in [-0.39, 0.29) is 11.8 Å². The van der Waals surface area contributed by atoms with Crippen LogP contribution in [0.15, 0.2) is 48.5 Å². The van der Waals surface area contributed by atoms with Crippen molar-refractivity contribution in [1.29, 1.82) is 0 Å². The van der Waals surface area contributed by atoms with Crippen LogP contribution in [0.2, 0.25) is 5.02 Å². The fourth-order valence-electron chi connectivity index (χ4n) is 3.02. The van der Waals surface area contributed by atoms with Crippen molar-refractivity contribution >= 4 is 45.4 Å². The molecule has 2 heterocycles. The van der Waals surface area contributed by atoms with Gasteiger partial charge in [-0.1, -0.05) is 23.7 Å². The molecule has 6 nitrogen and oxygen atoms in total. The quantitative estimate of drug-likeness (QED) is 0.569. The minimum Gasteiger partial charge on any atom is -0.490 e. The number of hydrogen-bond donors (Lipinski definition) is 2. The Morgan fingerprint density at radius 2 is 1.73 bits per heavy atom. The Balaban J connectivity index is 1.48. The first-order valence-corrected chi connectivity index (χ1v) is 10.6. The maximum absolute atomic E-state index is 12.8. The van der Waals surface area contributed by atoms with Crippen molar-refractivity contribution in [1.82, 2.24) is 0 Å². The number of carbonyl (C=O) groups is 2. The minimum atomic E-state index is -0.322. The van der Waals surface area contributed by atoms with E-state index in [0.29, 0.717) is 50.9 Å². The summed E-state index contributed by atoms with van der Waals surface area (Å²) in [7, 11) is 0. The van der Waals surface area contributed by atoms with Gasteiger partial charge in [0, 0.05) is 18.2 Å². The van der Waals surface area contributed by atoms with E-state index in [0.717, 1.165) is 12.0 Å². The third-order valence-electron chi connectivity index (χ3n) is 4.48. The number of nitrogens with one attached hydrogen (secondary N) is 2. The van der Waals surface area contributed by atoms with Gasteiger partial charge in [0.2, 0.25) is 0 Å². The zero-order valence-corrected chi connectivity index (χ0v) is 17.7. The highest BCUT2D eigenvalue weighted by molar-refractivity contribution is 7.18. The molecule has 3 aromatic rings. The summed E-state index contributed by atoms with van der Waals surface area (Å²) in [6, 6.07) is 13.9. The summed E-state index contributed by atoms with van der Waals surface area (Å²) >= 11 is 7.29. The van der Waals surface area contributed by atoms with Crippen LogP contribution in [0.5, 0.6) is 11.5 Å². The lowest BCUT2D eigenvalue weighted by atomic mass is 10.2. The second-order valence-electron chi connectivity index (χ2n) is 6.72. The normalized spacial score (nSPS) is 12.7. The molecule has 1 aliphatic heterocycles. The van der Waals surface area contributed by atoms with Gasteiger partial charge in [-0.3, -0.25) is 9.59 Å². The summed E-state index contributed by atoms with van der Waals surface area (Å²) in [4.78, 5) is 25.8. The van der Waals surface area contributed by atoms with E-state index in [1.165, 1.54) is 11.3 Å². The van der Waals surface area contributed by atoms with E-state index in [1.54, 1.807) is 48.5 Å². The molecule has 4 rings (SSSR count). The number of hydrogen-bond acceptors (Lipinski definition) is 5. The molecule has 154 valence electrons. The second kappa shape index (κ2) is 8.77. The Hall–Kier alpha value is -3.03. The predicted molar refractivity (Wildman–Crippen MR) is 118 cm³/mol. The van der Waals surface area contributed by atoms with Crippen LogP contribution in [0, 0.1) is 6.92 Å². The number of benzene rings is 2. The van der Waals surface area contributed by atoms with Crippen molar-refractivity contribution < 1.29 is 19.1 Å². The molecule has 0 saturated carbocycles. The van der Waals surface area contributed by atoms with Crippen LogP contribution >= 0.6 is 22.9 Å². The van der Waals surface area contributed by atoms with E-state index in [1.807, 2.05) is 6.92 Å². The van der Waals surface area contributed by atoms with Crippen LogP contribution in [-0.2, 0) is 0 Å². The lowest BCUT2D eigenvalue weighted by molar-refractivity contribution is 0.102. The molecule has 2 amide bonds. The van der Waals surface area contributed by atoms with Crippen molar-refractivity contribution in [3.63, 3.8) is 0 Å². The SMILES string of the molecule is Cc1cc(NC(=O)c2ccccc2Cl)sc1C(=O)Nc1ccc2c(c1)OCCCO2. The molecule has 2 N–H and O–H groups in total. The molecule has 0 unspecified atom stereocenters. The molecule has 0 bridgehead atoms. The van der Waals surface area contributed by atoms with Gasteiger partial charge in [0.05, 0.1) is 33.7 Å². The standard InChI is InChI=1S/C22H19ClN2O4S/c1-13-11-19(25-21(26)15-5-2-3-6-16(15)23)30-20(13)22(27)24-14-7-8-17-18(12-14)29-10-4-9-28-17/h2-3,5-8,11-12H,4,9-10H2,1H3,(H,24,27)(H,25,26). The molecule has 2 aromatic carbocycles. The highest BCUT2D eigenvalue weighted by Gasteiger charge is 2.18. The van der Waals surface area contributed by atoms with Crippen LogP contribution in [0.3, 0.4) is 0 Å². The number of carbonyl (C=O) groups excluding carboxylic acids is 2. The van der Waals surface area contributed by atoms with Crippen LogP contribution < -0.4 is 20.1 Å². The van der Waals surface area contributed by atoms with E-state index in [2.05, 4.69) is 10.6 Å². The predicted octanol–water partition coefficient (Wildman–Crippen LogP) is 5.38. The minimum absolute atomic E-state index is 0.259. The largest absolute Gasteiger partial charge is 0.490 e. The van der Waals surface area contributed by atoms with E-state index >= 15 is 0 Å². The molecule has 1 aliphatic rings. The fraction of sp³-hybridized carbons (Fsp3) is 0.182. The molecule has 1 aromatic heterocycles. The van der Waals surface area contributed by atoms with Gasteiger partial charge in [-0.05, 0) is 42.8 Å². The van der Waals surface area contributed by atoms with E-state index in [9.17, 15) is 9.59 Å². The molecule has 0 radical (unpaired) electrons. The number of fused-ring (bicyclic) bond motifs is 1. The topological polar surface area (TPSA) is 76.7 Å². The molecule has 0 fully saturated rings. The van der Waals surface area contributed by atoms with Crippen molar-refractivity contribution in [2.75, 3.05) is 23.8 Å². The van der Waals surface area contributed by atoms with Crippen LogP contribution in [-0.4, -0.2) is 25.0 Å². The molecule has 8 heteroatoms. The van der Waals surface area contributed by atoms with Crippen molar-refractivity contribution in [3.05, 3.63) is 69.6 Å². The zero-order chi connectivity index (χ0) is 21.1.